The van der Waals surface area contributed by atoms with Gasteiger partial charge >= 0.3 is 0 Å². The number of nitrogens with one attached hydrogen (secondary N) is 1. The summed E-state index contributed by atoms with van der Waals surface area (Å²) in [5.41, 5.74) is 1.84. The maximum Gasteiger partial charge on any atom is 0.262 e. The Bertz CT molecular complexity index is 1160. The van der Waals surface area contributed by atoms with E-state index in [1.807, 2.05) is 36.4 Å². The average molecular weight is 464 g/mol. The maximum absolute atomic E-state index is 13.3. The summed E-state index contributed by atoms with van der Waals surface area (Å²) in [5, 5.41) is 12.2. The topological polar surface area (TPSA) is 89.4 Å². The number of anilines is 1. The van der Waals surface area contributed by atoms with Crippen LogP contribution in [0.15, 0.2) is 59.8 Å². The van der Waals surface area contributed by atoms with Crippen molar-refractivity contribution in [2.75, 3.05) is 24.2 Å². The van der Waals surface area contributed by atoms with Crippen LogP contribution < -0.4 is 15.0 Å². The first-order valence-corrected chi connectivity index (χ1v) is 12.0. The maximum atomic E-state index is 13.3. The molecule has 33 heavy (non-hydrogen) atoms. The quantitative estimate of drug-likeness (QED) is 0.542. The molecule has 1 saturated carbocycles. The highest BCUT2D eigenvalue weighted by atomic mass is 32.2. The SMILES string of the molecule is CNC(=O)C1CN(C(=O)CSc2nnc(C3CC3)n2Cc2ccccc2)c2ccccc2O1. The molecule has 1 N–H and O–H groups in total. The van der Waals surface area contributed by atoms with Gasteiger partial charge in [0.15, 0.2) is 11.3 Å². The molecule has 1 aliphatic carbocycles. The van der Waals surface area contributed by atoms with Crippen LogP contribution in [0.4, 0.5) is 5.69 Å². The van der Waals surface area contributed by atoms with Crippen molar-refractivity contribution in [3.05, 3.63) is 66.0 Å². The minimum atomic E-state index is -0.748. The number of hydrogen-bond donors (Lipinski definition) is 1. The lowest BCUT2D eigenvalue weighted by molar-refractivity contribution is -0.127. The van der Waals surface area contributed by atoms with Crippen molar-refractivity contribution in [1.29, 1.82) is 0 Å². The molecule has 3 aromatic rings. The summed E-state index contributed by atoms with van der Waals surface area (Å²) in [5.74, 6) is 1.79. The minimum absolute atomic E-state index is 0.105. The number of benzene rings is 2. The van der Waals surface area contributed by atoms with Gasteiger partial charge in [-0.2, -0.15) is 0 Å². The third-order valence-corrected chi connectivity index (χ3v) is 6.76. The second kappa shape index (κ2) is 9.27. The number of thioether (sulfide) groups is 1. The van der Waals surface area contributed by atoms with E-state index in [2.05, 4.69) is 32.2 Å². The molecule has 9 heteroatoms. The van der Waals surface area contributed by atoms with E-state index >= 15 is 0 Å². The summed E-state index contributed by atoms with van der Waals surface area (Å²) in [4.78, 5) is 27.1. The molecule has 1 aromatic heterocycles. The lowest BCUT2D eigenvalue weighted by Gasteiger charge is -2.34. The van der Waals surface area contributed by atoms with Gasteiger partial charge in [-0.3, -0.25) is 9.59 Å². The predicted molar refractivity (Wildman–Crippen MR) is 126 cm³/mol. The molecule has 1 atom stereocenters. The third-order valence-electron chi connectivity index (χ3n) is 5.81. The molecule has 1 fully saturated rings. The molecule has 0 bridgehead atoms. The normalized spacial score (nSPS) is 17.2. The number of ether oxygens (including phenoxy) is 1. The molecule has 1 unspecified atom stereocenters. The molecule has 2 aliphatic rings. The summed E-state index contributed by atoms with van der Waals surface area (Å²) in [6.45, 7) is 0.843. The fourth-order valence-electron chi connectivity index (χ4n) is 3.94. The van der Waals surface area contributed by atoms with Crippen molar-refractivity contribution in [2.45, 2.75) is 36.6 Å². The molecule has 2 aromatic carbocycles. The highest BCUT2D eigenvalue weighted by Gasteiger charge is 2.34. The van der Waals surface area contributed by atoms with Crippen molar-refractivity contribution in [3.63, 3.8) is 0 Å². The molecule has 0 radical (unpaired) electrons. The molecule has 0 spiro atoms. The fourth-order valence-corrected chi connectivity index (χ4v) is 4.76. The monoisotopic (exact) mass is 463 g/mol. The highest BCUT2D eigenvalue weighted by molar-refractivity contribution is 7.99. The first kappa shape index (κ1) is 21.5. The van der Waals surface area contributed by atoms with Gasteiger partial charge in [-0.1, -0.05) is 54.2 Å². The van der Waals surface area contributed by atoms with Gasteiger partial charge in [0.2, 0.25) is 5.91 Å². The Balaban J connectivity index is 1.34. The van der Waals surface area contributed by atoms with Crippen molar-refractivity contribution < 1.29 is 14.3 Å². The second-order valence-electron chi connectivity index (χ2n) is 8.17. The lowest BCUT2D eigenvalue weighted by Crippen LogP contribution is -2.50. The zero-order chi connectivity index (χ0) is 22.8. The van der Waals surface area contributed by atoms with E-state index in [1.54, 1.807) is 18.0 Å². The number of likely N-dealkylation sites (N-methyl/N-ethyl adjacent to an activating group) is 1. The van der Waals surface area contributed by atoms with Crippen LogP contribution in [0.5, 0.6) is 5.75 Å². The lowest BCUT2D eigenvalue weighted by atomic mass is 10.2. The Morgan fingerprint density at radius 1 is 1.09 bits per heavy atom. The molecule has 0 saturated heterocycles. The summed E-state index contributed by atoms with van der Waals surface area (Å²) < 4.78 is 7.94. The van der Waals surface area contributed by atoms with Crippen molar-refractivity contribution in [3.8, 4) is 5.75 Å². The largest absolute Gasteiger partial charge is 0.477 e. The molecule has 170 valence electrons. The van der Waals surface area contributed by atoms with E-state index in [4.69, 9.17) is 4.74 Å². The molecule has 1 aliphatic heterocycles. The number of fused-ring (bicyclic) bond motifs is 1. The number of amides is 2. The Morgan fingerprint density at radius 3 is 2.61 bits per heavy atom. The van der Waals surface area contributed by atoms with E-state index in [9.17, 15) is 9.59 Å². The zero-order valence-electron chi connectivity index (χ0n) is 18.3. The van der Waals surface area contributed by atoms with Crippen molar-refractivity contribution in [1.82, 2.24) is 20.1 Å². The predicted octanol–water partition coefficient (Wildman–Crippen LogP) is 2.84. The number of aromatic nitrogens is 3. The minimum Gasteiger partial charge on any atom is -0.477 e. The fraction of sp³-hybridized carbons (Fsp3) is 0.333. The van der Waals surface area contributed by atoms with E-state index in [0.717, 1.165) is 23.8 Å². The molecular weight excluding hydrogens is 438 g/mol. The van der Waals surface area contributed by atoms with Crippen LogP contribution in [0.3, 0.4) is 0 Å². The van der Waals surface area contributed by atoms with Crippen LogP contribution in [-0.4, -0.2) is 52.0 Å². The van der Waals surface area contributed by atoms with E-state index in [1.165, 1.54) is 17.3 Å². The van der Waals surface area contributed by atoms with Gasteiger partial charge in [0.05, 0.1) is 24.5 Å². The number of carbonyl (C=O) groups excluding carboxylic acids is 2. The highest BCUT2D eigenvalue weighted by Crippen LogP contribution is 2.40. The number of para-hydroxylation sites is 2. The molecule has 2 heterocycles. The van der Waals surface area contributed by atoms with E-state index in [0.29, 0.717) is 23.9 Å². The van der Waals surface area contributed by atoms with Crippen LogP contribution in [0, 0.1) is 0 Å². The zero-order valence-corrected chi connectivity index (χ0v) is 19.1. The summed E-state index contributed by atoms with van der Waals surface area (Å²) >= 11 is 1.38. The number of nitrogens with zero attached hydrogens (tertiary/aromatic N) is 4. The second-order valence-corrected chi connectivity index (χ2v) is 9.11. The first-order chi connectivity index (χ1) is 16.1. The Kier molecular flexibility index (Phi) is 6.04. The Labute approximate surface area is 196 Å². The number of carbonyl (C=O) groups is 2. The van der Waals surface area contributed by atoms with Gasteiger partial charge in [0.25, 0.3) is 5.91 Å². The van der Waals surface area contributed by atoms with Gasteiger partial charge < -0.3 is 19.5 Å². The summed E-state index contributed by atoms with van der Waals surface area (Å²) in [6, 6.07) is 17.5. The van der Waals surface area contributed by atoms with Crippen molar-refractivity contribution >= 4 is 29.3 Å². The Morgan fingerprint density at radius 2 is 1.85 bits per heavy atom. The van der Waals surface area contributed by atoms with Crippen LogP contribution in [0.1, 0.15) is 30.1 Å². The smallest absolute Gasteiger partial charge is 0.262 e. The average Bonchev–Trinajstić information content (AvgIpc) is 3.63. The number of rotatable bonds is 7. The first-order valence-electron chi connectivity index (χ1n) is 11.0. The third kappa shape index (κ3) is 4.59. The van der Waals surface area contributed by atoms with Crippen molar-refractivity contribution in [2.24, 2.45) is 0 Å². The number of hydrogen-bond acceptors (Lipinski definition) is 6. The van der Waals surface area contributed by atoms with Crippen LogP contribution in [-0.2, 0) is 16.1 Å². The molecule has 5 rings (SSSR count). The summed E-state index contributed by atoms with van der Waals surface area (Å²) in [7, 11) is 1.56. The van der Waals surface area contributed by atoms with E-state index in [-0.39, 0.29) is 24.1 Å². The summed E-state index contributed by atoms with van der Waals surface area (Å²) in [6.07, 6.45) is 1.51. The van der Waals surface area contributed by atoms with Gasteiger partial charge in [0, 0.05) is 13.0 Å². The van der Waals surface area contributed by atoms with Crippen LogP contribution in [0.2, 0.25) is 0 Å². The van der Waals surface area contributed by atoms with Crippen LogP contribution >= 0.6 is 11.8 Å². The molecule has 2 amide bonds. The standard InChI is InChI=1S/C24H25N5O3S/c1-25-23(31)20-14-28(18-9-5-6-10-19(18)32-20)21(30)15-33-24-27-26-22(17-11-12-17)29(24)13-16-7-3-2-4-8-16/h2-10,17,20H,11-15H2,1H3,(H,25,31). The van der Waals surface area contributed by atoms with Crippen LogP contribution in [0.25, 0.3) is 0 Å². The van der Waals surface area contributed by atoms with Gasteiger partial charge in [-0.05, 0) is 30.5 Å². The van der Waals surface area contributed by atoms with Gasteiger partial charge in [-0.15, -0.1) is 10.2 Å². The van der Waals surface area contributed by atoms with Gasteiger partial charge in [0.1, 0.15) is 11.6 Å². The van der Waals surface area contributed by atoms with E-state index < -0.39 is 6.10 Å². The van der Waals surface area contributed by atoms with Gasteiger partial charge in [-0.25, -0.2) is 0 Å². The molecule has 8 nitrogen and oxygen atoms in total. The Hall–Kier alpha value is -3.33. The molecular formula is C24H25N5O3S.